The van der Waals surface area contributed by atoms with E-state index in [0.717, 1.165) is 0 Å². The normalized spacial score (nSPS) is 10.5. The molecule has 0 saturated carbocycles. The summed E-state index contributed by atoms with van der Waals surface area (Å²) in [6, 6.07) is 9.92. The van der Waals surface area contributed by atoms with Gasteiger partial charge in [-0.1, -0.05) is 6.07 Å². The number of carbonyl (C=O) groups excluding carboxylic acids is 3. The molecule has 2 N–H and O–H groups in total. The van der Waals surface area contributed by atoms with E-state index in [0.29, 0.717) is 10.9 Å². The summed E-state index contributed by atoms with van der Waals surface area (Å²) in [6.45, 7) is 0. The van der Waals surface area contributed by atoms with E-state index in [1.165, 1.54) is 49.7 Å². The van der Waals surface area contributed by atoms with Crippen molar-refractivity contribution in [3.63, 3.8) is 0 Å². The number of ketones is 1. The Labute approximate surface area is 141 Å². The van der Waals surface area contributed by atoms with Crippen molar-refractivity contribution in [2.75, 3.05) is 12.4 Å². The number of anilines is 1. The van der Waals surface area contributed by atoms with Gasteiger partial charge in [0.2, 0.25) is 0 Å². The number of esters is 1. The van der Waals surface area contributed by atoms with Crippen LogP contribution >= 0.6 is 0 Å². The van der Waals surface area contributed by atoms with Crippen LogP contribution in [0.4, 0.5) is 10.1 Å². The monoisotopic (exact) mass is 340 g/mol. The van der Waals surface area contributed by atoms with Gasteiger partial charge < -0.3 is 15.0 Å². The lowest BCUT2D eigenvalue weighted by atomic mass is 10.1. The highest BCUT2D eigenvalue weighted by Gasteiger charge is 2.20. The number of nitrogens with one attached hydrogen (secondary N) is 2. The van der Waals surface area contributed by atoms with Gasteiger partial charge in [0.1, 0.15) is 5.82 Å². The maximum absolute atomic E-state index is 13.4. The molecule has 0 aliphatic heterocycles. The van der Waals surface area contributed by atoms with Gasteiger partial charge in [-0.05, 0) is 36.4 Å². The smallest absolute Gasteiger partial charge is 0.337 e. The average Bonchev–Trinajstić information content (AvgIpc) is 3.03. The molecule has 0 radical (unpaired) electrons. The van der Waals surface area contributed by atoms with Crippen LogP contribution in [0.25, 0.3) is 10.9 Å². The molecule has 0 aliphatic carbocycles. The molecule has 3 rings (SSSR count). The standard InChI is InChI=1S/C18H13FN2O4/c1-25-18(24)10-3-2-4-12(7-10)21-17(23)16(22)14-9-20-15-6-5-11(19)8-13(14)15/h2-9,20H,1H3,(H,21,23). The van der Waals surface area contributed by atoms with Crippen molar-refractivity contribution < 1.29 is 23.5 Å². The Hall–Kier alpha value is -3.48. The topological polar surface area (TPSA) is 88.3 Å². The second-order valence-electron chi connectivity index (χ2n) is 5.25. The number of fused-ring (bicyclic) bond motifs is 1. The fourth-order valence-electron chi connectivity index (χ4n) is 2.43. The molecule has 25 heavy (non-hydrogen) atoms. The van der Waals surface area contributed by atoms with Crippen LogP contribution in [0.3, 0.4) is 0 Å². The number of benzene rings is 2. The Morgan fingerprint density at radius 1 is 1.12 bits per heavy atom. The third-order valence-corrected chi connectivity index (χ3v) is 3.64. The number of aromatic nitrogens is 1. The van der Waals surface area contributed by atoms with E-state index >= 15 is 0 Å². The second kappa shape index (κ2) is 6.56. The number of aromatic amines is 1. The van der Waals surface area contributed by atoms with Crippen molar-refractivity contribution in [2.24, 2.45) is 0 Å². The fourth-order valence-corrected chi connectivity index (χ4v) is 2.43. The summed E-state index contributed by atoms with van der Waals surface area (Å²) in [5.41, 5.74) is 1.12. The average molecular weight is 340 g/mol. The van der Waals surface area contributed by atoms with Gasteiger partial charge in [0.25, 0.3) is 11.7 Å². The maximum Gasteiger partial charge on any atom is 0.337 e. The number of halogens is 1. The van der Waals surface area contributed by atoms with Crippen molar-refractivity contribution >= 4 is 34.3 Å². The van der Waals surface area contributed by atoms with Gasteiger partial charge in [0, 0.05) is 22.8 Å². The molecule has 0 bridgehead atoms. The quantitative estimate of drug-likeness (QED) is 0.434. The Kier molecular flexibility index (Phi) is 4.30. The fraction of sp³-hybridized carbons (Fsp3) is 0.0556. The molecule has 0 unspecified atom stereocenters. The summed E-state index contributed by atoms with van der Waals surface area (Å²) in [6.07, 6.45) is 1.36. The van der Waals surface area contributed by atoms with Crippen LogP contribution in [0.2, 0.25) is 0 Å². The Bertz CT molecular complexity index is 994. The summed E-state index contributed by atoms with van der Waals surface area (Å²) >= 11 is 0. The van der Waals surface area contributed by atoms with Crippen molar-refractivity contribution in [2.45, 2.75) is 0 Å². The zero-order chi connectivity index (χ0) is 18.0. The van der Waals surface area contributed by atoms with E-state index < -0.39 is 23.5 Å². The molecule has 0 atom stereocenters. The van der Waals surface area contributed by atoms with Gasteiger partial charge >= 0.3 is 5.97 Å². The van der Waals surface area contributed by atoms with Crippen LogP contribution < -0.4 is 5.32 Å². The van der Waals surface area contributed by atoms with Crippen LogP contribution in [0, 0.1) is 5.82 Å². The number of carbonyl (C=O) groups is 3. The van der Waals surface area contributed by atoms with E-state index in [4.69, 9.17) is 0 Å². The van der Waals surface area contributed by atoms with Crippen molar-refractivity contribution in [1.82, 2.24) is 4.98 Å². The van der Waals surface area contributed by atoms with E-state index in [2.05, 4.69) is 15.0 Å². The molecule has 2 aromatic carbocycles. The molecule has 0 spiro atoms. The molecule has 0 fully saturated rings. The zero-order valence-electron chi connectivity index (χ0n) is 13.1. The first-order valence-electron chi connectivity index (χ1n) is 7.30. The SMILES string of the molecule is COC(=O)c1cccc(NC(=O)C(=O)c2c[nH]c3ccc(F)cc23)c1. The Morgan fingerprint density at radius 2 is 1.92 bits per heavy atom. The van der Waals surface area contributed by atoms with E-state index in [1.807, 2.05) is 0 Å². The molecule has 1 heterocycles. The van der Waals surface area contributed by atoms with Gasteiger partial charge in [-0.15, -0.1) is 0 Å². The third-order valence-electron chi connectivity index (χ3n) is 3.64. The number of methoxy groups -OCH3 is 1. The third kappa shape index (κ3) is 3.25. The minimum atomic E-state index is -0.896. The van der Waals surface area contributed by atoms with Crippen LogP contribution in [0.1, 0.15) is 20.7 Å². The predicted molar refractivity (Wildman–Crippen MR) is 89.0 cm³/mol. The summed E-state index contributed by atoms with van der Waals surface area (Å²) in [5.74, 6) is -2.78. The van der Waals surface area contributed by atoms with Crippen LogP contribution in [-0.4, -0.2) is 29.8 Å². The predicted octanol–water partition coefficient (Wildman–Crippen LogP) is 2.92. The number of hydrogen-bond donors (Lipinski definition) is 2. The molecule has 6 nitrogen and oxygen atoms in total. The summed E-state index contributed by atoms with van der Waals surface area (Å²) < 4.78 is 18.0. The minimum absolute atomic E-state index is 0.0659. The highest BCUT2D eigenvalue weighted by molar-refractivity contribution is 6.48. The van der Waals surface area contributed by atoms with Gasteiger partial charge in [-0.2, -0.15) is 0 Å². The van der Waals surface area contributed by atoms with Crippen LogP contribution in [0.5, 0.6) is 0 Å². The number of Topliss-reactive ketones (excluding diaryl/α,β-unsaturated/α-hetero) is 1. The van der Waals surface area contributed by atoms with Crippen LogP contribution in [-0.2, 0) is 9.53 Å². The molecule has 1 amide bonds. The Balaban J connectivity index is 1.84. The number of H-pyrrole nitrogens is 1. The summed E-state index contributed by atoms with van der Waals surface area (Å²) in [5, 5.41) is 2.75. The zero-order valence-corrected chi connectivity index (χ0v) is 13.1. The lowest BCUT2D eigenvalue weighted by Crippen LogP contribution is -2.22. The van der Waals surface area contributed by atoms with E-state index in [9.17, 15) is 18.8 Å². The van der Waals surface area contributed by atoms with Crippen molar-refractivity contribution in [3.8, 4) is 0 Å². The minimum Gasteiger partial charge on any atom is -0.465 e. The first-order chi connectivity index (χ1) is 12.0. The summed E-state index contributed by atoms with van der Waals surface area (Å²) in [7, 11) is 1.24. The maximum atomic E-state index is 13.4. The van der Waals surface area contributed by atoms with Gasteiger partial charge in [-0.25, -0.2) is 9.18 Å². The molecule has 7 heteroatoms. The van der Waals surface area contributed by atoms with Crippen LogP contribution in [0.15, 0.2) is 48.7 Å². The first kappa shape index (κ1) is 16.4. The first-order valence-corrected chi connectivity index (χ1v) is 7.30. The molecular weight excluding hydrogens is 327 g/mol. The Morgan fingerprint density at radius 3 is 2.68 bits per heavy atom. The van der Waals surface area contributed by atoms with Gasteiger partial charge in [0.15, 0.2) is 0 Å². The molecule has 126 valence electrons. The van der Waals surface area contributed by atoms with Crippen molar-refractivity contribution in [3.05, 3.63) is 65.6 Å². The number of rotatable bonds is 4. The lowest BCUT2D eigenvalue weighted by Gasteiger charge is -2.06. The van der Waals surface area contributed by atoms with E-state index in [1.54, 1.807) is 6.07 Å². The van der Waals surface area contributed by atoms with Crippen molar-refractivity contribution in [1.29, 1.82) is 0 Å². The molecule has 0 aliphatic rings. The van der Waals surface area contributed by atoms with Gasteiger partial charge in [0.05, 0.1) is 18.2 Å². The molecular formula is C18H13FN2O4. The highest BCUT2D eigenvalue weighted by atomic mass is 19.1. The van der Waals surface area contributed by atoms with E-state index in [-0.39, 0.29) is 16.8 Å². The molecule has 1 aromatic heterocycles. The molecule has 3 aromatic rings. The number of ether oxygens (including phenoxy) is 1. The lowest BCUT2D eigenvalue weighted by molar-refractivity contribution is -0.112. The summed E-state index contributed by atoms with van der Waals surface area (Å²) in [4.78, 5) is 38.9. The highest BCUT2D eigenvalue weighted by Crippen LogP contribution is 2.20. The molecule has 0 saturated heterocycles. The van der Waals surface area contributed by atoms with Gasteiger partial charge in [-0.3, -0.25) is 9.59 Å². The largest absolute Gasteiger partial charge is 0.465 e. The number of hydrogen-bond acceptors (Lipinski definition) is 4. The number of amides is 1. The second-order valence-corrected chi connectivity index (χ2v) is 5.25.